The van der Waals surface area contributed by atoms with Crippen LogP contribution in [0.4, 0.5) is 4.39 Å². The first-order valence-corrected chi connectivity index (χ1v) is 5.65. The molecular weight excluding hydrogens is 225 g/mol. The Kier molecular flexibility index (Phi) is 5.39. The van der Waals surface area contributed by atoms with Crippen molar-refractivity contribution in [1.29, 1.82) is 0 Å². The molecule has 5 heteroatoms. The molecule has 0 unspecified atom stereocenters. The lowest BCUT2D eigenvalue weighted by molar-refractivity contribution is -0.144. The number of hydrogen-bond donors (Lipinski definition) is 0. The second-order valence-corrected chi connectivity index (χ2v) is 3.74. The summed E-state index contributed by atoms with van der Waals surface area (Å²) < 4.78 is 18.8. The lowest BCUT2D eigenvalue weighted by Crippen LogP contribution is -2.24. The maximum atomic E-state index is 12.8. The van der Waals surface area contributed by atoms with Gasteiger partial charge < -0.3 is 9.30 Å². The van der Waals surface area contributed by atoms with Crippen molar-refractivity contribution < 1.29 is 13.9 Å². The summed E-state index contributed by atoms with van der Waals surface area (Å²) in [6, 6.07) is 2.14. The predicted octanol–water partition coefficient (Wildman–Crippen LogP) is 1.72. The molecule has 1 aromatic rings. The van der Waals surface area contributed by atoms with Gasteiger partial charge in [-0.1, -0.05) is 19.8 Å². The van der Waals surface area contributed by atoms with Gasteiger partial charge in [0.15, 0.2) is 0 Å². The molecule has 0 saturated heterocycles. The summed E-state index contributed by atoms with van der Waals surface area (Å²) in [5, 5.41) is 0. The topological polar surface area (TPSA) is 48.3 Å². The van der Waals surface area contributed by atoms with Crippen LogP contribution in [0.2, 0.25) is 0 Å². The molecule has 0 fully saturated rings. The van der Waals surface area contributed by atoms with Gasteiger partial charge in [-0.05, 0) is 12.5 Å². The maximum Gasteiger partial charge on any atom is 0.326 e. The normalized spacial score (nSPS) is 10.2. The molecule has 0 radical (unpaired) electrons. The zero-order valence-electron chi connectivity index (χ0n) is 9.82. The summed E-state index contributed by atoms with van der Waals surface area (Å²) in [6.07, 6.45) is 3.84. The Hall–Kier alpha value is -1.65. The summed E-state index contributed by atoms with van der Waals surface area (Å²) in [4.78, 5) is 22.6. The van der Waals surface area contributed by atoms with E-state index in [0.717, 1.165) is 42.2 Å². The Morgan fingerprint density at radius 1 is 1.41 bits per heavy atom. The molecule has 0 amide bonds. The van der Waals surface area contributed by atoms with Gasteiger partial charge in [0.2, 0.25) is 0 Å². The number of carbonyl (C=O) groups excluding carboxylic acids is 1. The van der Waals surface area contributed by atoms with Gasteiger partial charge in [0.05, 0.1) is 6.61 Å². The highest BCUT2D eigenvalue weighted by molar-refractivity contribution is 5.69. The van der Waals surface area contributed by atoms with Gasteiger partial charge in [-0.25, -0.2) is 4.39 Å². The molecule has 0 spiro atoms. The van der Waals surface area contributed by atoms with Crippen LogP contribution in [0.3, 0.4) is 0 Å². The smallest absolute Gasteiger partial charge is 0.326 e. The van der Waals surface area contributed by atoms with Crippen molar-refractivity contribution in [2.75, 3.05) is 6.61 Å². The van der Waals surface area contributed by atoms with Crippen molar-refractivity contribution in [3.8, 4) is 0 Å². The second-order valence-electron chi connectivity index (χ2n) is 3.74. The quantitative estimate of drug-likeness (QED) is 0.563. The van der Waals surface area contributed by atoms with E-state index in [1.165, 1.54) is 0 Å². The Morgan fingerprint density at radius 3 is 2.88 bits per heavy atom. The average Bonchev–Trinajstić information content (AvgIpc) is 2.29. The summed E-state index contributed by atoms with van der Waals surface area (Å²) in [5.41, 5.74) is -0.420. The van der Waals surface area contributed by atoms with Crippen LogP contribution in [0.15, 0.2) is 23.1 Å². The monoisotopic (exact) mass is 241 g/mol. The highest BCUT2D eigenvalue weighted by Gasteiger charge is 2.06. The number of carbonyl (C=O) groups is 1. The molecule has 94 valence electrons. The molecule has 1 aromatic heterocycles. The van der Waals surface area contributed by atoms with E-state index in [9.17, 15) is 14.0 Å². The van der Waals surface area contributed by atoms with Gasteiger partial charge in [-0.15, -0.1) is 0 Å². The van der Waals surface area contributed by atoms with Crippen LogP contribution in [0.25, 0.3) is 0 Å². The minimum Gasteiger partial charge on any atom is -0.464 e. The SMILES string of the molecule is CCCCCOC(=O)Cn1cc(F)ccc1=O. The number of rotatable bonds is 6. The standard InChI is InChI=1S/C12H16FNO3/c1-2-3-4-7-17-12(16)9-14-8-10(13)5-6-11(14)15/h5-6,8H,2-4,7,9H2,1H3. The van der Waals surface area contributed by atoms with Gasteiger partial charge in [0.25, 0.3) is 5.56 Å². The van der Waals surface area contributed by atoms with E-state index in [0.29, 0.717) is 6.61 Å². The van der Waals surface area contributed by atoms with Crippen molar-refractivity contribution in [3.63, 3.8) is 0 Å². The Labute approximate surface area is 99.0 Å². The van der Waals surface area contributed by atoms with Crippen LogP contribution in [-0.2, 0) is 16.1 Å². The summed E-state index contributed by atoms with van der Waals surface area (Å²) in [7, 11) is 0. The highest BCUT2D eigenvalue weighted by Crippen LogP contribution is 1.96. The van der Waals surface area contributed by atoms with Gasteiger partial charge in [0, 0.05) is 12.3 Å². The van der Waals surface area contributed by atoms with Gasteiger partial charge in [-0.3, -0.25) is 9.59 Å². The minimum absolute atomic E-state index is 0.247. The highest BCUT2D eigenvalue weighted by atomic mass is 19.1. The van der Waals surface area contributed by atoms with E-state index in [1.54, 1.807) is 0 Å². The molecule has 0 atom stereocenters. The number of ether oxygens (including phenoxy) is 1. The first-order chi connectivity index (χ1) is 8.13. The molecule has 0 saturated carbocycles. The van der Waals surface area contributed by atoms with E-state index in [2.05, 4.69) is 0 Å². The van der Waals surface area contributed by atoms with E-state index in [-0.39, 0.29) is 6.54 Å². The van der Waals surface area contributed by atoms with Gasteiger partial charge in [-0.2, -0.15) is 0 Å². The van der Waals surface area contributed by atoms with Crippen LogP contribution < -0.4 is 5.56 Å². The number of esters is 1. The Bertz CT molecular complexity index is 428. The summed E-state index contributed by atoms with van der Waals surface area (Å²) >= 11 is 0. The molecule has 1 heterocycles. The largest absolute Gasteiger partial charge is 0.464 e. The number of unbranched alkanes of at least 4 members (excludes halogenated alkanes) is 2. The Balaban J connectivity index is 2.45. The molecule has 1 rings (SSSR count). The van der Waals surface area contributed by atoms with E-state index >= 15 is 0 Å². The van der Waals surface area contributed by atoms with Crippen LogP contribution >= 0.6 is 0 Å². The number of halogens is 1. The third-order valence-electron chi connectivity index (χ3n) is 2.26. The first-order valence-electron chi connectivity index (χ1n) is 5.65. The maximum absolute atomic E-state index is 12.8. The molecular formula is C12H16FNO3. The predicted molar refractivity (Wildman–Crippen MR) is 61.1 cm³/mol. The van der Waals surface area contributed by atoms with Crippen LogP contribution in [0.5, 0.6) is 0 Å². The lowest BCUT2D eigenvalue weighted by Gasteiger charge is -2.06. The van der Waals surface area contributed by atoms with Crippen LogP contribution in [0, 0.1) is 5.82 Å². The molecule has 0 aliphatic carbocycles. The fourth-order valence-electron chi connectivity index (χ4n) is 1.35. The van der Waals surface area contributed by atoms with Crippen molar-refractivity contribution in [3.05, 3.63) is 34.5 Å². The fourth-order valence-corrected chi connectivity index (χ4v) is 1.35. The summed E-state index contributed by atoms with van der Waals surface area (Å²) in [6.45, 7) is 2.15. The Morgan fingerprint density at radius 2 is 2.18 bits per heavy atom. The van der Waals surface area contributed by atoms with E-state index in [4.69, 9.17) is 4.74 Å². The fraction of sp³-hybridized carbons (Fsp3) is 0.500. The molecule has 0 aromatic carbocycles. The number of aromatic nitrogens is 1. The minimum atomic E-state index is -0.552. The third kappa shape index (κ3) is 4.80. The van der Waals surface area contributed by atoms with E-state index < -0.39 is 17.3 Å². The van der Waals surface area contributed by atoms with Crippen molar-refractivity contribution in [1.82, 2.24) is 4.57 Å². The van der Waals surface area contributed by atoms with Crippen molar-refractivity contribution in [2.45, 2.75) is 32.7 Å². The number of nitrogens with zero attached hydrogens (tertiary/aromatic N) is 1. The molecule has 0 aliphatic rings. The molecule has 0 aliphatic heterocycles. The number of pyridine rings is 1. The van der Waals surface area contributed by atoms with Crippen LogP contribution in [-0.4, -0.2) is 17.1 Å². The molecule has 17 heavy (non-hydrogen) atoms. The zero-order chi connectivity index (χ0) is 12.7. The molecule has 4 nitrogen and oxygen atoms in total. The zero-order valence-corrected chi connectivity index (χ0v) is 9.82. The van der Waals surface area contributed by atoms with Crippen molar-refractivity contribution in [2.24, 2.45) is 0 Å². The van der Waals surface area contributed by atoms with Gasteiger partial charge in [0.1, 0.15) is 12.4 Å². The second kappa shape index (κ2) is 6.83. The van der Waals surface area contributed by atoms with Gasteiger partial charge >= 0.3 is 5.97 Å². The van der Waals surface area contributed by atoms with Crippen molar-refractivity contribution >= 4 is 5.97 Å². The third-order valence-corrected chi connectivity index (χ3v) is 2.26. The summed E-state index contributed by atoms with van der Waals surface area (Å²) in [5.74, 6) is -1.07. The van der Waals surface area contributed by atoms with E-state index in [1.807, 2.05) is 6.92 Å². The number of hydrogen-bond acceptors (Lipinski definition) is 3. The first kappa shape index (κ1) is 13.4. The molecule has 0 N–H and O–H groups in total. The van der Waals surface area contributed by atoms with Crippen LogP contribution in [0.1, 0.15) is 26.2 Å². The average molecular weight is 241 g/mol. The lowest BCUT2D eigenvalue weighted by atomic mass is 10.3. The molecule has 0 bridgehead atoms.